The molecular formula is C13H17N5OS. The number of hydrogen-bond donors (Lipinski definition) is 1. The molecule has 0 atom stereocenters. The number of amides is 1. The number of piperazine rings is 1. The largest absolute Gasteiger partial charge is 0.396 e. The van der Waals surface area contributed by atoms with E-state index < -0.39 is 0 Å². The van der Waals surface area contributed by atoms with Gasteiger partial charge in [0, 0.05) is 38.6 Å². The molecule has 1 aliphatic heterocycles. The van der Waals surface area contributed by atoms with Crippen LogP contribution in [0.15, 0.2) is 12.4 Å². The van der Waals surface area contributed by atoms with E-state index in [1.54, 1.807) is 12.4 Å². The maximum atomic E-state index is 12.6. The van der Waals surface area contributed by atoms with E-state index in [2.05, 4.69) is 21.8 Å². The van der Waals surface area contributed by atoms with Crippen LogP contribution in [0.1, 0.15) is 16.6 Å². The topological polar surface area (TPSA) is 75.3 Å². The Labute approximate surface area is 121 Å². The first-order valence-corrected chi connectivity index (χ1v) is 7.53. The van der Waals surface area contributed by atoms with E-state index in [9.17, 15) is 4.79 Å². The van der Waals surface area contributed by atoms with Gasteiger partial charge in [-0.3, -0.25) is 4.79 Å². The SMILES string of the molecule is CCN1CCN(C(=O)c2sc3nccnc3c2N)CC1. The highest BCUT2D eigenvalue weighted by Crippen LogP contribution is 2.31. The summed E-state index contributed by atoms with van der Waals surface area (Å²) in [4.78, 5) is 26.5. The number of nitrogens with two attached hydrogens (primary N) is 1. The molecule has 2 aromatic heterocycles. The summed E-state index contributed by atoms with van der Waals surface area (Å²) in [5.41, 5.74) is 7.14. The summed E-state index contributed by atoms with van der Waals surface area (Å²) >= 11 is 1.33. The van der Waals surface area contributed by atoms with Crippen molar-refractivity contribution in [1.29, 1.82) is 0 Å². The summed E-state index contributed by atoms with van der Waals surface area (Å²) in [7, 11) is 0. The van der Waals surface area contributed by atoms with Crippen LogP contribution in [0.4, 0.5) is 5.69 Å². The van der Waals surface area contributed by atoms with Crippen molar-refractivity contribution in [3.8, 4) is 0 Å². The number of anilines is 1. The number of likely N-dealkylation sites (N-methyl/N-ethyl adjacent to an activating group) is 1. The maximum absolute atomic E-state index is 12.6. The molecule has 1 aliphatic rings. The van der Waals surface area contributed by atoms with Gasteiger partial charge in [0.25, 0.3) is 5.91 Å². The average Bonchev–Trinajstić information content (AvgIpc) is 2.84. The first kappa shape index (κ1) is 13.3. The highest BCUT2D eigenvalue weighted by atomic mass is 32.1. The molecular weight excluding hydrogens is 274 g/mol. The molecule has 1 amide bonds. The third-order valence-electron chi connectivity index (χ3n) is 3.66. The van der Waals surface area contributed by atoms with Crippen molar-refractivity contribution in [2.45, 2.75) is 6.92 Å². The van der Waals surface area contributed by atoms with Crippen LogP contribution in [0, 0.1) is 0 Å². The van der Waals surface area contributed by atoms with E-state index >= 15 is 0 Å². The van der Waals surface area contributed by atoms with Gasteiger partial charge in [-0.2, -0.15) is 0 Å². The van der Waals surface area contributed by atoms with Crippen molar-refractivity contribution < 1.29 is 4.79 Å². The summed E-state index contributed by atoms with van der Waals surface area (Å²) in [6.45, 7) is 6.51. The molecule has 7 heteroatoms. The minimum absolute atomic E-state index is 0.00283. The molecule has 0 bridgehead atoms. The molecule has 0 radical (unpaired) electrons. The predicted molar refractivity (Wildman–Crippen MR) is 79.8 cm³/mol. The van der Waals surface area contributed by atoms with E-state index in [-0.39, 0.29) is 5.91 Å². The zero-order chi connectivity index (χ0) is 14.1. The highest BCUT2D eigenvalue weighted by Gasteiger charge is 2.25. The Kier molecular flexibility index (Phi) is 3.54. The van der Waals surface area contributed by atoms with Crippen LogP contribution in [0.3, 0.4) is 0 Å². The van der Waals surface area contributed by atoms with Crippen molar-refractivity contribution in [1.82, 2.24) is 19.8 Å². The summed E-state index contributed by atoms with van der Waals surface area (Å²) in [6.07, 6.45) is 3.21. The number of nitrogen functional groups attached to an aromatic ring is 1. The fraction of sp³-hybridized carbons (Fsp3) is 0.462. The summed E-state index contributed by atoms with van der Waals surface area (Å²) in [5.74, 6) is 0.00283. The molecule has 2 N–H and O–H groups in total. The van der Waals surface area contributed by atoms with Crippen LogP contribution in [-0.2, 0) is 0 Å². The van der Waals surface area contributed by atoms with Crippen LogP contribution in [-0.4, -0.2) is 58.4 Å². The minimum Gasteiger partial charge on any atom is -0.396 e. The lowest BCUT2D eigenvalue weighted by atomic mass is 10.2. The molecule has 2 aromatic rings. The Morgan fingerprint density at radius 3 is 2.65 bits per heavy atom. The standard InChI is InChI=1S/C13H17N5OS/c1-2-17-5-7-18(8-6-17)13(19)11-9(14)10-12(20-11)16-4-3-15-10/h3-4H,2,5-8,14H2,1H3. The van der Waals surface area contributed by atoms with Crippen molar-refractivity contribution in [2.24, 2.45) is 0 Å². The van der Waals surface area contributed by atoms with E-state index in [4.69, 9.17) is 5.73 Å². The van der Waals surface area contributed by atoms with E-state index in [1.807, 2.05) is 4.90 Å². The predicted octanol–water partition coefficient (Wildman–Crippen LogP) is 1.05. The number of hydrogen-bond acceptors (Lipinski definition) is 6. The summed E-state index contributed by atoms with van der Waals surface area (Å²) in [6, 6.07) is 0. The van der Waals surface area contributed by atoms with Gasteiger partial charge in [-0.1, -0.05) is 6.92 Å². The average molecular weight is 291 g/mol. The van der Waals surface area contributed by atoms with Crippen molar-refractivity contribution in [2.75, 3.05) is 38.5 Å². The summed E-state index contributed by atoms with van der Waals surface area (Å²) < 4.78 is 0. The first-order chi connectivity index (χ1) is 9.70. The molecule has 0 aliphatic carbocycles. The Bertz CT molecular complexity index is 633. The van der Waals surface area contributed by atoms with Gasteiger partial charge in [0.15, 0.2) is 0 Å². The third-order valence-corrected chi connectivity index (χ3v) is 4.75. The van der Waals surface area contributed by atoms with Crippen molar-refractivity contribution in [3.63, 3.8) is 0 Å². The second kappa shape index (κ2) is 5.34. The maximum Gasteiger partial charge on any atom is 0.266 e. The third kappa shape index (κ3) is 2.23. The first-order valence-electron chi connectivity index (χ1n) is 6.71. The molecule has 3 rings (SSSR count). The van der Waals surface area contributed by atoms with E-state index in [0.717, 1.165) is 37.6 Å². The van der Waals surface area contributed by atoms with Crippen LogP contribution < -0.4 is 5.73 Å². The van der Waals surface area contributed by atoms with Crippen LogP contribution in [0.25, 0.3) is 10.3 Å². The Balaban J connectivity index is 1.84. The lowest BCUT2D eigenvalue weighted by molar-refractivity contribution is 0.0649. The lowest BCUT2D eigenvalue weighted by Crippen LogP contribution is -2.48. The fourth-order valence-corrected chi connectivity index (χ4v) is 3.40. The van der Waals surface area contributed by atoms with Gasteiger partial charge in [0.05, 0.1) is 5.69 Å². The monoisotopic (exact) mass is 291 g/mol. The molecule has 6 nitrogen and oxygen atoms in total. The van der Waals surface area contributed by atoms with Gasteiger partial charge in [-0.05, 0) is 6.54 Å². The Morgan fingerprint density at radius 1 is 1.30 bits per heavy atom. The number of aromatic nitrogens is 2. The van der Waals surface area contributed by atoms with Gasteiger partial charge in [0.1, 0.15) is 15.2 Å². The van der Waals surface area contributed by atoms with Crippen LogP contribution >= 0.6 is 11.3 Å². The molecule has 1 fully saturated rings. The van der Waals surface area contributed by atoms with Gasteiger partial charge < -0.3 is 15.5 Å². The fourth-order valence-electron chi connectivity index (χ4n) is 2.41. The molecule has 20 heavy (non-hydrogen) atoms. The summed E-state index contributed by atoms with van der Waals surface area (Å²) in [5, 5.41) is 0. The molecule has 0 spiro atoms. The number of thiophene rings is 1. The Hall–Kier alpha value is -1.73. The quantitative estimate of drug-likeness (QED) is 0.895. The molecule has 3 heterocycles. The zero-order valence-electron chi connectivity index (χ0n) is 11.4. The Morgan fingerprint density at radius 2 is 2.00 bits per heavy atom. The van der Waals surface area contributed by atoms with Gasteiger partial charge in [0.2, 0.25) is 0 Å². The van der Waals surface area contributed by atoms with E-state index in [1.165, 1.54) is 11.3 Å². The molecule has 106 valence electrons. The number of fused-ring (bicyclic) bond motifs is 1. The highest BCUT2D eigenvalue weighted by molar-refractivity contribution is 7.21. The van der Waals surface area contributed by atoms with Crippen molar-refractivity contribution in [3.05, 3.63) is 17.3 Å². The second-order valence-electron chi connectivity index (χ2n) is 4.78. The van der Waals surface area contributed by atoms with Crippen molar-refractivity contribution >= 4 is 33.3 Å². The molecule has 0 aromatic carbocycles. The van der Waals surface area contributed by atoms with Gasteiger partial charge in [-0.15, -0.1) is 11.3 Å². The lowest BCUT2D eigenvalue weighted by Gasteiger charge is -2.33. The number of rotatable bonds is 2. The number of nitrogens with zero attached hydrogens (tertiary/aromatic N) is 4. The number of carbonyl (C=O) groups excluding carboxylic acids is 1. The smallest absolute Gasteiger partial charge is 0.266 e. The second-order valence-corrected chi connectivity index (χ2v) is 5.78. The van der Waals surface area contributed by atoms with E-state index in [0.29, 0.717) is 16.1 Å². The normalized spacial score (nSPS) is 16.8. The van der Waals surface area contributed by atoms with Crippen LogP contribution in [0.5, 0.6) is 0 Å². The minimum atomic E-state index is 0.00283. The molecule has 1 saturated heterocycles. The molecule has 0 unspecified atom stereocenters. The van der Waals surface area contributed by atoms with Crippen LogP contribution in [0.2, 0.25) is 0 Å². The van der Waals surface area contributed by atoms with Gasteiger partial charge in [-0.25, -0.2) is 9.97 Å². The molecule has 0 saturated carbocycles. The number of carbonyl (C=O) groups is 1. The van der Waals surface area contributed by atoms with Gasteiger partial charge >= 0.3 is 0 Å². The zero-order valence-corrected chi connectivity index (χ0v) is 12.2.